The first-order valence-corrected chi connectivity index (χ1v) is 9.01. The fourth-order valence-corrected chi connectivity index (χ4v) is 3.08. The van der Waals surface area contributed by atoms with Gasteiger partial charge in [0.1, 0.15) is 0 Å². The molecule has 6 heteroatoms. The third kappa shape index (κ3) is 5.08. The highest BCUT2D eigenvalue weighted by Crippen LogP contribution is 2.28. The topological polar surface area (TPSA) is 54.9 Å². The number of amides is 1. The highest BCUT2D eigenvalue weighted by molar-refractivity contribution is 5.92. The fraction of sp³-hybridized carbons (Fsp3) is 0.333. The normalized spacial score (nSPS) is 15.1. The second-order valence-corrected chi connectivity index (χ2v) is 6.37. The van der Waals surface area contributed by atoms with Crippen molar-refractivity contribution in [2.75, 3.05) is 40.4 Å². The molecule has 1 aromatic carbocycles. The van der Waals surface area contributed by atoms with E-state index in [1.54, 1.807) is 20.3 Å². The Labute approximate surface area is 160 Å². The van der Waals surface area contributed by atoms with Crippen LogP contribution < -0.4 is 9.47 Å². The van der Waals surface area contributed by atoms with Crippen LogP contribution >= 0.6 is 0 Å². The Hall–Kier alpha value is -2.86. The third-order valence-electron chi connectivity index (χ3n) is 4.62. The van der Waals surface area contributed by atoms with E-state index in [-0.39, 0.29) is 5.91 Å². The molecule has 3 rings (SSSR count). The van der Waals surface area contributed by atoms with E-state index >= 15 is 0 Å². The zero-order chi connectivity index (χ0) is 19.1. The van der Waals surface area contributed by atoms with Gasteiger partial charge < -0.3 is 14.4 Å². The van der Waals surface area contributed by atoms with Crippen molar-refractivity contribution in [2.24, 2.45) is 0 Å². The largest absolute Gasteiger partial charge is 0.493 e. The molecular weight excluding hydrogens is 342 g/mol. The lowest BCUT2D eigenvalue weighted by atomic mass is 10.2. The molecule has 0 bridgehead atoms. The molecule has 0 N–H and O–H groups in total. The molecule has 0 radical (unpaired) electrons. The van der Waals surface area contributed by atoms with Crippen LogP contribution in [0, 0.1) is 0 Å². The average molecular weight is 367 g/mol. The second kappa shape index (κ2) is 9.19. The van der Waals surface area contributed by atoms with Gasteiger partial charge in [0.2, 0.25) is 5.91 Å². The molecule has 0 unspecified atom stereocenters. The van der Waals surface area contributed by atoms with Crippen LogP contribution in [0.1, 0.15) is 11.3 Å². The lowest BCUT2D eigenvalue weighted by molar-refractivity contribution is -0.127. The highest BCUT2D eigenvalue weighted by atomic mass is 16.5. The molecule has 1 aliphatic heterocycles. The highest BCUT2D eigenvalue weighted by Gasteiger charge is 2.19. The smallest absolute Gasteiger partial charge is 0.246 e. The zero-order valence-electron chi connectivity index (χ0n) is 15.8. The molecule has 0 aliphatic carbocycles. The van der Waals surface area contributed by atoms with Gasteiger partial charge in [0, 0.05) is 45.0 Å². The zero-order valence-corrected chi connectivity index (χ0v) is 15.8. The van der Waals surface area contributed by atoms with E-state index in [0.717, 1.165) is 44.0 Å². The molecule has 142 valence electrons. The molecule has 1 aromatic heterocycles. The number of carbonyl (C=O) groups is 1. The molecule has 2 aromatic rings. The van der Waals surface area contributed by atoms with Crippen LogP contribution in [0.5, 0.6) is 11.5 Å². The molecular formula is C21H25N3O3. The van der Waals surface area contributed by atoms with Gasteiger partial charge >= 0.3 is 0 Å². The van der Waals surface area contributed by atoms with E-state index in [1.165, 1.54) is 0 Å². The van der Waals surface area contributed by atoms with Crippen molar-refractivity contribution in [3.8, 4) is 11.5 Å². The van der Waals surface area contributed by atoms with E-state index in [4.69, 9.17) is 9.47 Å². The summed E-state index contributed by atoms with van der Waals surface area (Å²) in [6, 6.07) is 11.5. The van der Waals surface area contributed by atoms with E-state index in [0.29, 0.717) is 11.5 Å². The van der Waals surface area contributed by atoms with Crippen molar-refractivity contribution < 1.29 is 14.3 Å². The Bertz CT molecular complexity index is 785. The van der Waals surface area contributed by atoms with Gasteiger partial charge in [-0.3, -0.25) is 14.7 Å². The summed E-state index contributed by atoms with van der Waals surface area (Å²) in [5.74, 6) is 1.35. The van der Waals surface area contributed by atoms with Gasteiger partial charge in [-0.1, -0.05) is 12.1 Å². The first kappa shape index (κ1) is 18.9. The Kier molecular flexibility index (Phi) is 6.44. The fourth-order valence-electron chi connectivity index (χ4n) is 3.08. The van der Waals surface area contributed by atoms with Crippen molar-refractivity contribution >= 4 is 12.0 Å². The minimum atomic E-state index is 0.0299. The average Bonchev–Trinajstić information content (AvgIpc) is 2.73. The molecule has 1 saturated heterocycles. The first-order valence-electron chi connectivity index (χ1n) is 9.01. The predicted octanol–water partition coefficient (Wildman–Crippen LogP) is 2.46. The number of rotatable bonds is 6. The van der Waals surface area contributed by atoms with Crippen molar-refractivity contribution in [1.29, 1.82) is 0 Å². The SMILES string of the molecule is COc1ccc(/C=C/C(=O)N2CCN(Cc3ccccn3)CC2)cc1OC. The van der Waals surface area contributed by atoms with Gasteiger partial charge in [-0.25, -0.2) is 0 Å². The molecule has 1 fully saturated rings. The minimum Gasteiger partial charge on any atom is -0.493 e. The third-order valence-corrected chi connectivity index (χ3v) is 4.62. The predicted molar refractivity (Wildman–Crippen MR) is 105 cm³/mol. The van der Waals surface area contributed by atoms with Gasteiger partial charge in [-0.05, 0) is 35.9 Å². The molecule has 0 saturated carbocycles. The number of benzene rings is 1. The summed E-state index contributed by atoms with van der Waals surface area (Å²) >= 11 is 0. The van der Waals surface area contributed by atoms with Crippen LogP contribution in [0.25, 0.3) is 6.08 Å². The maximum Gasteiger partial charge on any atom is 0.246 e. The van der Waals surface area contributed by atoms with E-state index < -0.39 is 0 Å². The van der Waals surface area contributed by atoms with Crippen LogP contribution in [0.15, 0.2) is 48.7 Å². The number of hydrogen-bond acceptors (Lipinski definition) is 5. The monoisotopic (exact) mass is 367 g/mol. The Morgan fingerprint density at radius 2 is 1.85 bits per heavy atom. The van der Waals surface area contributed by atoms with Crippen molar-refractivity contribution in [1.82, 2.24) is 14.8 Å². The number of hydrogen-bond donors (Lipinski definition) is 0. The summed E-state index contributed by atoms with van der Waals surface area (Å²) in [6.45, 7) is 3.98. The Morgan fingerprint density at radius 3 is 2.52 bits per heavy atom. The van der Waals surface area contributed by atoms with Gasteiger partial charge in [-0.2, -0.15) is 0 Å². The van der Waals surface area contributed by atoms with Gasteiger partial charge in [-0.15, -0.1) is 0 Å². The van der Waals surface area contributed by atoms with E-state index in [1.807, 2.05) is 53.6 Å². The molecule has 27 heavy (non-hydrogen) atoms. The number of carbonyl (C=O) groups excluding carboxylic acids is 1. The van der Waals surface area contributed by atoms with Crippen molar-refractivity contribution in [3.63, 3.8) is 0 Å². The van der Waals surface area contributed by atoms with Crippen LogP contribution in [-0.2, 0) is 11.3 Å². The van der Waals surface area contributed by atoms with Crippen LogP contribution in [0.2, 0.25) is 0 Å². The summed E-state index contributed by atoms with van der Waals surface area (Å²) in [5.41, 5.74) is 1.96. The standard InChI is InChI=1S/C21H25N3O3/c1-26-19-8-6-17(15-20(19)27-2)7-9-21(25)24-13-11-23(12-14-24)16-18-5-3-4-10-22-18/h3-10,15H,11-14,16H2,1-2H3/b9-7+. The Balaban J connectivity index is 1.53. The number of pyridine rings is 1. The first-order chi connectivity index (χ1) is 13.2. The van der Waals surface area contributed by atoms with Crippen LogP contribution in [0.3, 0.4) is 0 Å². The molecule has 0 atom stereocenters. The minimum absolute atomic E-state index is 0.0299. The molecule has 1 aliphatic rings. The summed E-state index contributed by atoms with van der Waals surface area (Å²) in [4.78, 5) is 21.0. The lowest BCUT2D eigenvalue weighted by Gasteiger charge is -2.34. The summed E-state index contributed by atoms with van der Waals surface area (Å²) < 4.78 is 10.5. The van der Waals surface area contributed by atoms with E-state index in [9.17, 15) is 4.79 Å². The summed E-state index contributed by atoms with van der Waals surface area (Å²) in [6.07, 6.45) is 5.24. The number of aromatic nitrogens is 1. The molecule has 2 heterocycles. The number of methoxy groups -OCH3 is 2. The van der Waals surface area contributed by atoms with Crippen LogP contribution in [0.4, 0.5) is 0 Å². The maximum atomic E-state index is 12.5. The number of piperazine rings is 1. The van der Waals surface area contributed by atoms with Gasteiger partial charge in [0.15, 0.2) is 11.5 Å². The second-order valence-electron chi connectivity index (χ2n) is 6.37. The molecule has 1 amide bonds. The lowest BCUT2D eigenvalue weighted by Crippen LogP contribution is -2.47. The maximum absolute atomic E-state index is 12.5. The number of ether oxygens (including phenoxy) is 2. The molecule has 6 nitrogen and oxygen atoms in total. The van der Waals surface area contributed by atoms with E-state index in [2.05, 4.69) is 9.88 Å². The quantitative estimate of drug-likeness (QED) is 0.734. The molecule has 0 spiro atoms. The van der Waals surface area contributed by atoms with Crippen molar-refractivity contribution in [2.45, 2.75) is 6.54 Å². The van der Waals surface area contributed by atoms with Gasteiger partial charge in [0.25, 0.3) is 0 Å². The van der Waals surface area contributed by atoms with Gasteiger partial charge in [0.05, 0.1) is 19.9 Å². The van der Waals surface area contributed by atoms with Crippen LogP contribution in [-0.4, -0.2) is 61.1 Å². The number of nitrogens with zero attached hydrogens (tertiary/aromatic N) is 3. The Morgan fingerprint density at radius 1 is 1.07 bits per heavy atom. The van der Waals surface area contributed by atoms with Crippen molar-refractivity contribution in [3.05, 3.63) is 59.9 Å². The summed E-state index contributed by atoms with van der Waals surface area (Å²) in [5, 5.41) is 0. The summed E-state index contributed by atoms with van der Waals surface area (Å²) in [7, 11) is 3.20.